The van der Waals surface area contributed by atoms with Crippen molar-refractivity contribution in [2.24, 2.45) is 11.3 Å². The van der Waals surface area contributed by atoms with Crippen LogP contribution in [0.2, 0.25) is 0 Å². The summed E-state index contributed by atoms with van der Waals surface area (Å²) in [5, 5.41) is 11.8. The molecule has 0 aliphatic heterocycles. The molecular weight excluding hydrogens is 290 g/mol. The van der Waals surface area contributed by atoms with E-state index in [1.165, 1.54) is 5.56 Å². The van der Waals surface area contributed by atoms with Gasteiger partial charge in [0, 0.05) is 13.0 Å². The minimum absolute atomic E-state index is 0.0255. The molecule has 0 unspecified atom stereocenters. The summed E-state index contributed by atoms with van der Waals surface area (Å²) >= 11 is 0. The molecule has 1 aliphatic rings. The zero-order valence-electron chi connectivity index (χ0n) is 14.0. The van der Waals surface area contributed by atoms with E-state index in [-0.39, 0.29) is 12.5 Å². The molecule has 1 aromatic carbocycles. The summed E-state index contributed by atoms with van der Waals surface area (Å²) in [6, 6.07) is 10.6. The molecule has 23 heavy (non-hydrogen) atoms. The molecular formula is C19H27NO3. The van der Waals surface area contributed by atoms with E-state index in [0.29, 0.717) is 18.3 Å². The summed E-state index contributed by atoms with van der Waals surface area (Å²) < 4.78 is 0. The van der Waals surface area contributed by atoms with Crippen LogP contribution in [0.5, 0.6) is 0 Å². The highest BCUT2D eigenvalue weighted by molar-refractivity contribution is 5.78. The molecule has 0 saturated heterocycles. The first-order valence-electron chi connectivity index (χ1n) is 8.43. The lowest BCUT2D eigenvalue weighted by atomic mass is 9.77. The van der Waals surface area contributed by atoms with Crippen LogP contribution in [-0.4, -0.2) is 23.5 Å². The molecule has 0 heterocycles. The Kier molecular flexibility index (Phi) is 5.80. The van der Waals surface area contributed by atoms with Gasteiger partial charge in [0.2, 0.25) is 5.91 Å². The topological polar surface area (TPSA) is 66.4 Å². The first-order chi connectivity index (χ1) is 10.9. The van der Waals surface area contributed by atoms with Gasteiger partial charge in [-0.2, -0.15) is 0 Å². The molecule has 0 atom stereocenters. The van der Waals surface area contributed by atoms with Gasteiger partial charge in [-0.3, -0.25) is 9.59 Å². The predicted molar refractivity (Wildman–Crippen MR) is 90.2 cm³/mol. The van der Waals surface area contributed by atoms with Crippen LogP contribution in [0.1, 0.15) is 57.4 Å². The minimum atomic E-state index is -0.916. The Bertz CT molecular complexity index is 531. The third-order valence-electron chi connectivity index (χ3n) is 4.90. The van der Waals surface area contributed by atoms with Gasteiger partial charge in [-0.15, -0.1) is 0 Å². The van der Waals surface area contributed by atoms with Crippen molar-refractivity contribution in [3.05, 3.63) is 35.9 Å². The second-order valence-corrected chi connectivity index (χ2v) is 7.30. The van der Waals surface area contributed by atoms with Crippen LogP contribution in [0.15, 0.2) is 30.3 Å². The second kappa shape index (κ2) is 7.62. The van der Waals surface area contributed by atoms with Gasteiger partial charge in [-0.25, -0.2) is 0 Å². The van der Waals surface area contributed by atoms with Gasteiger partial charge in [0.1, 0.15) is 0 Å². The molecule has 0 radical (unpaired) electrons. The Balaban J connectivity index is 1.74. The van der Waals surface area contributed by atoms with E-state index in [1.807, 2.05) is 6.07 Å². The predicted octanol–water partition coefficient (Wildman–Crippen LogP) is 3.58. The maximum absolute atomic E-state index is 12.0. The Hall–Kier alpha value is -1.84. The average Bonchev–Trinajstić information content (AvgIpc) is 2.54. The third-order valence-corrected chi connectivity index (χ3v) is 4.90. The molecule has 1 fully saturated rings. The van der Waals surface area contributed by atoms with Crippen LogP contribution >= 0.6 is 0 Å². The molecule has 0 spiro atoms. The van der Waals surface area contributed by atoms with E-state index >= 15 is 0 Å². The van der Waals surface area contributed by atoms with Crippen molar-refractivity contribution in [1.29, 1.82) is 0 Å². The Labute approximate surface area is 138 Å². The van der Waals surface area contributed by atoms with E-state index in [1.54, 1.807) is 13.8 Å². The first kappa shape index (κ1) is 17.5. The quantitative estimate of drug-likeness (QED) is 0.843. The number of hydrogen-bond donors (Lipinski definition) is 2. The third kappa shape index (κ3) is 5.08. The lowest BCUT2D eigenvalue weighted by Crippen LogP contribution is -2.39. The molecule has 4 nitrogen and oxygen atoms in total. The normalized spacial score (nSPS) is 21.7. The number of benzene rings is 1. The van der Waals surface area contributed by atoms with Crippen LogP contribution in [0.25, 0.3) is 0 Å². The molecule has 1 aliphatic carbocycles. The number of carboxylic acid groups (broad SMARTS) is 1. The number of hydrogen-bond acceptors (Lipinski definition) is 2. The fraction of sp³-hybridized carbons (Fsp3) is 0.579. The van der Waals surface area contributed by atoms with Crippen molar-refractivity contribution < 1.29 is 14.7 Å². The molecule has 0 bridgehead atoms. The van der Waals surface area contributed by atoms with Crippen molar-refractivity contribution in [3.63, 3.8) is 0 Å². The number of carboxylic acids is 1. The second-order valence-electron chi connectivity index (χ2n) is 7.30. The first-order valence-corrected chi connectivity index (χ1v) is 8.43. The lowest BCUT2D eigenvalue weighted by Gasteiger charge is -2.29. The fourth-order valence-corrected chi connectivity index (χ4v) is 3.15. The molecule has 126 valence electrons. The number of rotatable bonds is 6. The molecule has 0 aromatic heterocycles. The molecule has 1 saturated carbocycles. The van der Waals surface area contributed by atoms with Gasteiger partial charge in [-0.1, -0.05) is 30.3 Å². The van der Waals surface area contributed by atoms with Crippen LogP contribution < -0.4 is 5.32 Å². The number of amides is 1. The van der Waals surface area contributed by atoms with Gasteiger partial charge < -0.3 is 10.4 Å². The summed E-state index contributed by atoms with van der Waals surface area (Å²) in [5.74, 6) is 0.119. The molecule has 1 aromatic rings. The van der Waals surface area contributed by atoms with Crippen molar-refractivity contribution in [3.8, 4) is 0 Å². The zero-order chi connectivity index (χ0) is 16.9. The van der Waals surface area contributed by atoms with E-state index in [9.17, 15) is 9.59 Å². The lowest BCUT2D eigenvalue weighted by molar-refractivity contribution is -0.146. The van der Waals surface area contributed by atoms with Crippen LogP contribution in [0.4, 0.5) is 0 Å². The van der Waals surface area contributed by atoms with Crippen molar-refractivity contribution in [2.45, 2.75) is 51.9 Å². The molecule has 2 rings (SSSR count). The van der Waals surface area contributed by atoms with Crippen LogP contribution in [0, 0.1) is 11.3 Å². The molecule has 2 N–H and O–H groups in total. The monoisotopic (exact) mass is 317 g/mol. The Morgan fingerprint density at radius 3 is 2.30 bits per heavy atom. The maximum atomic E-state index is 12.0. The summed E-state index contributed by atoms with van der Waals surface area (Å²) in [6.07, 6.45) is 4.90. The minimum Gasteiger partial charge on any atom is -0.481 e. The summed E-state index contributed by atoms with van der Waals surface area (Å²) in [7, 11) is 0. The maximum Gasteiger partial charge on any atom is 0.310 e. The summed E-state index contributed by atoms with van der Waals surface area (Å²) in [6.45, 7) is 3.43. The average molecular weight is 317 g/mol. The highest BCUT2D eigenvalue weighted by Crippen LogP contribution is 2.36. The summed E-state index contributed by atoms with van der Waals surface area (Å²) in [4.78, 5) is 23.1. The SMILES string of the molecule is CC(C)(CNC(=O)CC1CCC(c2ccccc2)CC1)C(=O)O. The Morgan fingerprint density at radius 1 is 1.13 bits per heavy atom. The van der Waals surface area contributed by atoms with Crippen LogP contribution in [-0.2, 0) is 9.59 Å². The number of nitrogens with one attached hydrogen (secondary N) is 1. The van der Waals surface area contributed by atoms with Crippen molar-refractivity contribution >= 4 is 11.9 Å². The largest absolute Gasteiger partial charge is 0.481 e. The van der Waals surface area contributed by atoms with E-state index in [4.69, 9.17) is 5.11 Å². The highest BCUT2D eigenvalue weighted by atomic mass is 16.4. The van der Waals surface area contributed by atoms with Crippen LogP contribution in [0.3, 0.4) is 0 Å². The van der Waals surface area contributed by atoms with Crippen molar-refractivity contribution in [2.75, 3.05) is 6.54 Å². The Morgan fingerprint density at radius 2 is 1.74 bits per heavy atom. The number of aliphatic carboxylic acids is 1. The highest BCUT2D eigenvalue weighted by Gasteiger charge is 2.28. The van der Waals surface area contributed by atoms with Crippen molar-refractivity contribution in [1.82, 2.24) is 5.32 Å². The number of carbonyl (C=O) groups excluding carboxylic acids is 1. The van der Waals surface area contributed by atoms with Gasteiger partial charge in [0.15, 0.2) is 0 Å². The zero-order valence-corrected chi connectivity index (χ0v) is 14.0. The standard InChI is InChI=1S/C19H27NO3/c1-19(2,18(22)23)13-20-17(21)12-14-8-10-16(11-9-14)15-6-4-3-5-7-15/h3-7,14,16H,8-13H2,1-2H3,(H,20,21)(H,22,23). The summed E-state index contributed by atoms with van der Waals surface area (Å²) in [5.41, 5.74) is 0.485. The van der Waals surface area contributed by atoms with E-state index in [0.717, 1.165) is 25.7 Å². The van der Waals surface area contributed by atoms with E-state index < -0.39 is 11.4 Å². The van der Waals surface area contributed by atoms with Gasteiger partial charge in [0.25, 0.3) is 0 Å². The molecule has 4 heteroatoms. The van der Waals surface area contributed by atoms with Gasteiger partial charge in [0.05, 0.1) is 5.41 Å². The smallest absolute Gasteiger partial charge is 0.310 e. The van der Waals surface area contributed by atoms with Gasteiger partial charge >= 0.3 is 5.97 Å². The van der Waals surface area contributed by atoms with Gasteiger partial charge in [-0.05, 0) is 56.9 Å². The molecule has 1 amide bonds. The number of carbonyl (C=O) groups is 2. The fourth-order valence-electron chi connectivity index (χ4n) is 3.15. The van der Waals surface area contributed by atoms with E-state index in [2.05, 4.69) is 29.6 Å².